The second-order valence-corrected chi connectivity index (χ2v) is 3.41. The van der Waals surface area contributed by atoms with E-state index in [1.54, 1.807) is 12.3 Å². The molecule has 2 heterocycles. The van der Waals surface area contributed by atoms with Crippen LogP contribution in [0, 0.1) is 0 Å². The van der Waals surface area contributed by atoms with Crippen molar-refractivity contribution in [2.24, 2.45) is 0 Å². The summed E-state index contributed by atoms with van der Waals surface area (Å²) in [5.74, 6) is 0. The molecule has 78 valence electrons. The molecule has 0 atom stereocenters. The first-order chi connectivity index (χ1) is 7.33. The van der Waals surface area contributed by atoms with Crippen LogP contribution >= 0.6 is 0 Å². The highest BCUT2D eigenvalue weighted by atomic mass is 16.2. The molecule has 0 aliphatic rings. The number of pyridine rings is 1. The van der Waals surface area contributed by atoms with Crippen molar-refractivity contribution in [3.8, 4) is 0 Å². The molecule has 0 aliphatic heterocycles. The van der Waals surface area contributed by atoms with E-state index in [4.69, 9.17) is 5.11 Å². The van der Waals surface area contributed by atoms with Gasteiger partial charge in [-0.3, -0.25) is 4.79 Å². The molecule has 0 bridgehead atoms. The Morgan fingerprint density at radius 3 is 3.00 bits per heavy atom. The van der Waals surface area contributed by atoms with Crippen LogP contribution in [0.15, 0.2) is 24.5 Å². The molecular formula is C11H12N2O2. The van der Waals surface area contributed by atoms with E-state index in [2.05, 4.69) is 4.98 Å². The van der Waals surface area contributed by atoms with E-state index in [1.807, 2.05) is 16.7 Å². The van der Waals surface area contributed by atoms with Crippen molar-refractivity contribution in [1.29, 1.82) is 0 Å². The van der Waals surface area contributed by atoms with Gasteiger partial charge in [-0.1, -0.05) is 0 Å². The summed E-state index contributed by atoms with van der Waals surface area (Å²) in [5.41, 5.74) is 2.40. The molecule has 15 heavy (non-hydrogen) atoms. The molecule has 2 aromatic heterocycles. The fourth-order valence-electron chi connectivity index (χ4n) is 1.51. The van der Waals surface area contributed by atoms with Crippen molar-refractivity contribution in [2.75, 3.05) is 6.61 Å². The Morgan fingerprint density at radius 1 is 1.40 bits per heavy atom. The van der Waals surface area contributed by atoms with Gasteiger partial charge >= 0.3 is 0 Å². The van der Waals surface area contributed by atoms with Crippen LogP contribution in [0.1, 0.15) is 22.5 Å². The fraction of sp³-hybridized carbons (Fsp3) is 0.273. The minimum absolute atomic E-state index is 0.174. The van der Waals surface area contributed by atoms with Crippen LogP contribution < -0.4 is 0 Å². The van der Waals surface area contributed by atoms with Crippen LogP contribution in [0.5, 0.6) is 0 Å². The molecule has 0 spiro atoms. The van der Waals surface area contributed by atoms with E-state index in [1.165, 1.54) is 0 Å². The normalized spacial score (nSPS) is 10.7. The molecule has 0 aliphatic carbocycles. The molecule has 4 nitrogen and oxygen atoms in total. The summed E-state index contributed by atoms with van der Waals surface area (Å²) >= 11 is 0. The van der Waals surface area contributed by atoms with E-state index in [9.17, 15) is 4.79 Å². The molecule has 0 fully saturated rings. The lowest BCUT2D eigenvalue weighted by Gasteiger charge is -1.92. The number of aliphatic hydroxyl groups is 1. The number of hydrogen-bond acceptors (Lipinski definition) is 3. The highest BCUT2D eigenvalue weighted by Crippen LogP contribution is 2.08. The average Bonchev–Trinajstić information content (AvgIpc) is 2.67. The molecule has 0 unspecified atom stereocenters. The third-order valence-corrected chi connectivity index (χ3v) is 2.25. The summed E-state index contributed by atoms with van der Waals surface area (Å²) < 4.78 is 1.83. The molecule has 0 amide bonds. The molecule has 0 radical (unpaired) electrons. The maximum Gasteiger partial charge on any atom is 0.151 e. The summed E-state index contributed by atoms with van der Waals surface area (Å²) in [6.45, 7) is 0.174. The summed E-state index contributed by atoms with van der Waals surface area (Å²) in [7, 11) is 0. The largest absolute Gasteiger partial charge is 0.396 e. The number of carbonyl (C=O) groups is 1. The van der Waals surface area contributed by atoms with Gasteiger partial charge in [-0.05, 0) is 25.0 Å². The van der Waals surface area contributed by atoms with Gasteiger partial charge in [-0.2, -0.15) is 0 Å². The molecule has 2 rings (SSSR count). The predicted octanol–water partition coefficient (Wildman–Crippen LogP) is 1.07. The highest BCUT2D eigenvalue weighted by Gasteiger charge is 2.01. The zero-order chi connectivity index (χ0) is 10.7. The molecule has 0 saturated heterocycles. The smallest absolute Gasteiger partial charge is 0.151 e. The van der Waals surface area contributed by atoms with Gasteiger partial charge in [0.1, 0.15) is 5.65 Å². The van der Waals surface area contributed by atoms with E-state index in [0.717, 1.165) is 24.0 Å². The zero-order valence-corrected chi connectivity index (χ0v) is 8.26. The maximum atomic E-state index is 10.6. The topological polar surface area (TPSA) is 54.6 Å². The number of nitrogens with zero attached hydrogens (tertiary/aromatic N) is 2. The van der Waals surface area contributed by atoms with Gasteiger partial charge in [0, 0.05) is 24.6 Å². The van der Waals surface area contributed by atoms with Crippen molar-refractivity contribution >= 4 is 11.9 Å². The predicted molar refractivity (Wildman–Crippen MR) is 56.0 cm³/mol. The first kappa shape index (κ1) is 9.86. The van der Waals surface area contributed by atoms with Crippen molar-refractivity contribution in [2.45, 2.75) is 12.8 Å². The number of imidazole rings is 1. The number of aldehydes is 1. The summed E-state index contributed by atoms with van der Waals surface area (Å²) in [6.07, 6.45) is 5.92. The molecule has 1 N–H and O–H groups in total. The quantitative estimate of drug-likeness (QED) is 0.758. The first-order valence-corrected chi connectivity index (χ1v) is 4.87. The third kappa shape index (κ3) is 2.05. The van der Waals surface area contributed by atoms with E-state index < -0.39 is 0 Å². The molecule has 2 aromatic rings. The Hall–Kier alpha value is -1.68. The number of fused-ring (bicyclic) bond motifs is 1. The van der Waals surface area contributed by atoms with Crippen LogP contribution in [-0.4, -0.2) is 27.4 Å². The Labute approximate surface area is 87.2 Å². The monoisotopic (exact) mass is 204 g/mol. The highest BCUT2D eigenvalue weighted by molar-refractivity contribution is 5.74. The van der Waals surface area contributed by atoms with Crippen LogP contribution in [0.3, 0.4) is 0 Å². The number of carbonyl (C=O) groups excluding carboxylic acids is 1. The van der Waals surface area contributed by atoms with E-state index in [-0.39, 0.29) is 6.61 Å². The number of rotatable bonds is 4. The molecule has 0 aromatic carbocycles. The average molecular weight is 204 g/mol. The van der Waals surface area contributed by atoms with Crippen molar-refractivity contribution in [3.05, 3.63) is 35.8 Å². The Morgan fingerprint density at radius 2 is 2.27 bits per heavy atom. The number of hydrogen-bond donors (Lipinski definition) is 1. The molecule has 0 saturated carbocycles. The fourth-order valence-corrected chi connectivity index (χ4v) is 1.51. The zero-order valence-electron chi connectivity index (χ0n) is 8.26. The Balaban J connectivity index is 2.33. The number of aromatic nitrogens is 2. The van der Waals surface area contributed by atoms with Gasteiger partial charge < -0.3 is 9.51 Å². The summed E-state index contributed by atoms with van der Waals surface area (Å²) in [4.78, 5) is 14.9. The van der Waals surface area contributed by atoms with Crippen molar-refractivity contribution < 1.29 is 9.90 Å². The van der Waals surface area contributed by atoms with Crippen LogP contribution in [0.25, 0.3) is 5.65 Å². The standard InChI is InChI=1S/C11H12N2O2/c14-5-1-2-10-7-13-6-9(8-15)3-4-11(13)12-10/h3-4,6-8,14H,1-2,5H2. The van der Waals surface area contributed by atoms with Crippen LogP contribution in [0.2, 0.25) is 0 Å². The minimum atomic E-state index is 0.174. The minimum Gasteiger partial charge on any atom is -0.396 e. The van der Waals surface area contributed by atoms with E-state index >= 15 is 0 Å². The lowest BCUT2D eigenvalue weighted by atomic mass is 10.3. The number of aliphatic hydroxyl groups excluding tert-OH is 1. The molecule has 4 heteroatoms. The maximum absolute atomic E-state index is 10.6. The van der Waals surface area contributed by atoms with Crippen molar-refractivity contribution in [1.82, 2.24) is 9.38 Å². The second kappa shape index (κ2) is 4.23. The Bertz CT molecular complexity index is 476. The summed E-state index contributed by atoms with van der Waals surface area (Å²) in [5, 5.41) is 8.70. The first-order valence-electron chi connectivity index (χ1n) is 4.87. The number of aryl methyl sites for hydroxylation is 1. The van der Waals surface area contributed by atoms with Crippen molar-refractivity contribution in [3.63, 3.8) is 0 Å². The van der Waals surface area contributed by atoms with Crippen LogP contribution in [0.4, 0.5) is 0 Å². The van der Waals surface area contributed by atoms with Gasteiger partial charge in [0.05, 0.1) is 5.69 Å². The van der Waals surface area contributed by atoms with Gasteiger partial charge in [0.15, 0.2) is 6.29 Å². The van der Waals surface area contributed by atoms with Gasteiger partial charge in [0.25, 0.3) is 0 Å². The van der Waals surface area contributed by atoms with Gasteiger partial charge in [-0.25, -0.2) is 4.98 Å². The lowest BCUT2D eigenvalue weighted by Crippen LogP contribution is -1.88. The second-order valence-electron chi connectivity index (χ2n) is 3.41. The van der Waals surface area contributed by atoms with Gasteiger partial charge in [0.2, 0.25) is 0 Å². The lowest BCUT2D eigenvalue weighted by molar-refractivity contribution is 0.112. The SMILES string of the molecule is O=Cc1ccc2nc(CCCO)cn2c1. The van der Waals surface area contributed by atoms with Gasteiger partial charge in [-0.15, -0.1) is 0 Å². The van der Waals surface area contributed by atoms with Crippen LogP contribution in [-0.2, 0) is 6.42 Å². The Kier molecular flexibility index (Phi) is 2.78. The summed E-state index contributed by atoms with van der Waals surface area (Å²) in [6, 6.07) is 3.55. The molecular weight excluding hydrogens is 192 g/mol. The third-order valence-electron chi connectivity index (χ3n) is 2.25. The van der Waals surface area contributed by atoms with E-state index in [0.29, 0.717) is 12.0 Å².